The molecule has 31 heavy (non-hydrogen) atoms. The van der Waals surface area contributed by atoms with E-state index in [2.05, 4.69) is 41.5 Å². The number of para-hydroxylation sites is 1. The van der Waals surface area contributed by atoms with Crippen LogP contribution in [0.3, 0.4) is 0 Å². The SMILES string of the molecule is COc1cccc(-c2nc(CSc3nnnn3-c3ccc(C(C)C)cc3)cs2)c1OC. The first-order chi connectivity index (χ1) is 15.1. The maximum atomic E-state index is 5.54. The molecule has 0 unspecified atom stereocenters. The number of ether oxygens (including phenoxy) is 2. The van der Waals surface area contributed by atoms with E-state index < -0.39 is 0 Å². The van der Waals surface area contributed by atoms with Crippen molar-refractivity contribution >= 4 is 23.1 Å². The second-order valence-corrected chi connectivity index (χ2v) is 8.89. The number of thioether (sulfide) groups is 1. The summed E-state index contributed by atoms with van der Waals surface area (Å²) >= 11 is 3.13. The molecule has 0 N–H and O–H groups in total. The van der Waals surface area contributed by atoms with Crippen LogP contribution in [-0.2, 0) is 5.75 Å². The molecular formula is C22H23N5O2S2. The van der Waals surface area contributed by atoms with Crippen LogP contribution in [0.25, 0.3) is 16.3 Å². The molecule has 2 aromatic carbocycles. The molecular weight excluding hydrogens is 430 g/mol. The molecule has 0 fully saturated rings. The van der Waals surface area contributed by atoms with Crippen molar-refractivity contribution in [1.29, 1.82) is 0 Å². The van der Waals surface area contributed by atoms with E-state index >= 15 is 0 Å². The molecule has 160 valence electrons. The summed E-state index contributed by atoms with van der Waals surface area (Å²) in [6, 6.07) is 14.1. The minimum atomic E-state index is 0.485. The molecule has 2 aromatic heterocycles. The van der Waals surface area contributed by atoms with Crippen molar-refractivity contribution in [2.45, 2.75) is 30.7 Å². The highest BCUT2D eigenvalue weighted by Gasteiger charge is 2.16. The number of methoxy groups -OCH3 is 2. The van der Waals surface area contributed by atoms with Crippen LogP contribution in [-0.4, -0.2) is 39.4 Å². The first-order valence-corrected chi connectivity index (χ1v) is 11.6. The van der Waals surface area contributed by atoms with Crippen LogP contribution in [0, 0.1) is 0 Å². The Bertz CT molecular complexity index is 1150. The van der Waals surface area contributed by atoms with Crippen molar-refractivity contribution in [3.63, 3.8) is 0 Å². The molecule has 0 saturated heterocycles. The molecule has 0 spiro atoms. The summed E-state index contributed by atoms with van der Waals surface area (Å²) in [5.74, 6) is 2.52. The lowest BCUT2D eigenvalue weighted by atomic mass is 10.0. The fraction of sp³-hybridized carbons (Fsp3) is 0.273. The molecule has 0 aliphatic carbocycles. The Labute approximate surface area is 189 Å². The Morgan fingerprint density at radius 1 is 1.06 bits per heavy atom. The molecule has 0 bridgehead atoms. The van der Waals surface area contributed by atoms with Gasteiger partial charge in [0, 0.05) is 11.1 Å². The molecule has 0 radical (unpaired) electrons. The highest BCUT2D eigenvalue weighted by atomic mass is 32.2. The quantitative estimate of drug-likeness (QED) is 0.339. The maximum absolute atomic E-state index is 5.54. The fourth-order valence-corrected chi connectivity index (χ4v) is 4.85. The van der Waals surface area contributed by atoms with Crippen molar-refractivity contribution in [2.24, 2.45) is 0 Å². The van der Waals surface area contributed by atoms with Crippen molar-refractivity contribution in [3.05, 3.63) is 59.1 Å². The van der Waals surface area contributed by atoms with Crippen molar-refractivity contribution in [3.8, 4) is 27.8 Å². The van der Waals surface area contributed by atoms with Gasteiger partial charge in [0.2, 0.25) is 5.16 Å². The van der Waals surface area contributed by atoms with E-state index in [-0.39, 0.29) is 0 Å². The van der Waals surface area contributed by atoms with Gasteiger partial charge in [-0.2, -0.15) is 4.68 Å². The Kier molecular flexibility index (Phi) is 6.53. The van der Waals surface area contributed by atoms with Gasteiger partial charge in [-0.1, -0.05) is 43.8 Å². The molecule has 2 heterocycles. The molecule has 0 atom stereocenters. The number of thiazole rings is 1. The van der Waals surface area contributed by atoms with E-state index in [1.807, 2.05) is 35.7 Å². The highest BCUT2D eigenvalue weighted by molar-refractivity contribution is 7.98. The standard InChI is InChI=1S/C22H23N5O2S2/c1-14(2)15-8-10-17(11-9-15)27-22(24-25-26-27)31-13-16-12-30-21(23-16)18-6-5-7-19(28-3)20(18)29-4/h5-12,14H,13H2,1-4H3. The van der Waals surface area contributed by atoms with Crippen LogP contribution in [0.5, 0.6) is 11.5 Å². The van der Waals surface area contributed by atoms with E-state index in [1.165, 1.54) is 5.56 Å². The molecule has 4 rings (SSSR count). The molecule has 4 aromatic rings. The van der Waals surface area contributed by atoms with Gasteiger partial charge in [-0.05, 0) is 46.2 Å². The van der Waals surface area contributed by atoms with Gasteiger partial charge >= 0.3 is 0 Å². The molecule has 0 aliphatic rings. The number of tetrazole rings is 1. The zero-order valence-corrected chi connectivity index (χ0v) is 19.4. The number of aromatic nitrogens is 5. The van der Waals surface area contributed by atoms with Crippen LogP contribution in [0.2, 0.25) is 0 Å². The lowest BCUT2D eigenvalue weighted by Crippen LogP contribution is -2.00. The monoisotopic (exact) mass is 453 g/mol. The van der Waals surface area contributed by atoms with Crippen LogP contribution in [0.1, 0.15) is 31.0 Å². The van der Waals surface area contributed by atoms with Crippen LogP contribution < -0.4 is 9.47 Å². The zero-order chi connectivity index (χ0) is 21.8. The predicted molar refractivity (Wildman–Crippen MR) is 123 cm³/mol. The zero-order valence-electron chi connectivity index (χ0n) is 17.8. The van der Waals surface area contributed by atoms with E-state index in [4.69, 9.17) is 14.5 Å². The lowest BCUT2D eigenvalue weighted by Gasteiger charge is -2.10. The third-order valence-electron chi connectivity index (χ3n) is 4.78. The summed E-state index contributed by atoms with van der Waals surface area (Å²) in [6.45, 7) is 4.35. The number of hydrogen-bond donors (Lipinski definition) is 0. The second kappa shape index (κ2) is 9.49. The minimum Gasteiger partial charge on any atom is -0.493 e. The van der Waals surface area contributed by atoms with Crippen LogP contribution in [0.15, 0.2) is 53.0 Å². The van der Waals surface area contributed by atoms with E-state index in [0.717, 1.165) is 27.1 Å². The average Bonchev–Trinajstić information content (AvgIpc) is 3.46. The van der Waals surface area contributed by atoms with Crippen molar-refractivity contribution in [1.82, 2.24) is 25.2 Å². The summed E-state index contributed by atoms with van der Waals surface area (Å²) in [4.78, 5) is 4.78. The Morgan fingerprint density at radius 3 is 2.58 bits per heavy atom. The molecule has 0 amide bonds. The van der Waals surface area contributed by atoms with Crippen molar-refractivity contribution in [2.75, 3.05) is 14.2 Å². The van der Waals surface area contributed by atoms with Crippen LogP contribution in [0.4, 0.5) is 0 Å². The Balaban J connectivity index is 1.50. The predicted octanol–water partition coefficient (Wildman–Crippen LogP) is 5.22. The lowest BCUT2D eigenvalue weighted by molar-refractivity contribution is 0.356. The maximum Gasteiger partial charge on any atom is 0.214 e. The van der Waals surface area contributed by atoms with E-state index in [0.29, 0.717) is 23.2 Å². The smallest absolute Gasteiger partial charge is 0.214 e. The summed E-state index contributed by atoms with van der Waals surface area (Å²) in [6.07, 6.45) is 0. The van der Waals surface area contributed by atoms with E-state index in [1.54, 1.807) is 42.0 Å². The summed E-state index contributed by atoms with van der Waals surface area (Å²) in [5.41, 5.74) is 4.10. The molecule has 9 heteroatoms. The number of rotatable bonds is 8. The highest BCUT2D eigenvalue weighted by Crippen LogP contribution is 2.39. The molecule has 7 nitrogen and oxygen atoms in total. The van der Waals surface area contributed by atoms with Crippen molar-refractivity contribution < 1.29 is 9.47 Å². The average molecular weight is 454 g/mol. The molecule has 0 saturated carbocycles. The summed E-state index contributed by atoms with van der Waals surface area (Å²) in [7, 11) is 3.27. The third kappa shape index (κ3) is 4.57. The van der Waals surface area contributed by atoms with Gasteiger partial charge in [0.1, 0.15) is 5.01 Å². The topological polar surface area (TPSA) is 75.0 Å². The first-order valence-electron chi connectivity index (χ1n) is 9.78. The normalized spacial score (nSPS) is 11.1. The second-order valence-electron chi connectivity index (χ2n) is 7.09. The van der Waals surface area contributed by atoms with Gasteiger partial charge < -0.3 is 9.47 Å². The van der Waals surface area contributed by atoms with Gasteiger partial charge in [0.25, 0.3) is 0 Å². The molecule has 0 aliphatic heterocycles. The van der Waals surface area contributed by atoms with Gasteiger partial charge in [-0.25, -0.2) is 4.98 Å². The van der Waals surface area contributed by atoms with E-state index in [9.17, 15) is 0 Å². The Hall–Kier alpha value is -2.91. The van der Waals surface area contributed by atoms with Gasteiger partial charge in [-0.3, -0.25) is 0 Å². The largest absolute Gasteiger partial charge is 0.493 e. The van der Waals surface area contributed by atoms with Gasteiger partial charge in [0.15, 0.2) is 11.5 Å². The number of benzene rings is 2. The third-order valence-corrected chi connectivity index (χ3v) is 6.66. The van der Waals surface area contributed by atoms with Gasteiger partial charge in [-0.15, -0.1) is 16.4 Å². The first kappa shape index (κ1) is 21.3. The van der Waals surface area contributed by atoms with Gasteiger partial charge in [0.05, 0.1) is 31.2 Å². The van der Waals surface area contributed by atoms with Crippen LogP contribution >= 0.6 is 23.1 Å². The number of hydrogen-bond acceptors (Lipinski definition) is 8. The minimum absolute atomic E-state index is 0.485. The summed E-state index contributed by atoms with van der Waals surface area (Å²) < 4.78 is 12.7. The summed E-state index contributed by atoms with van der Waals surface area (Å²) in [5, 5.41) is 15.9. The fourth-order valence-electron chi connectivity index (χ4n) is 3.12. The number of nitrogens with zero attached hydrogens (tertiary/aromatic N) is 5. The Morgan fingerprint density at radius 2 is 1.87 bits per heavy atom.